The summed E-state index contributed by atoms with van der Waals surface area (Å²) in [6, 6.07) is 0.953. The molecule has 0 amide bonds. The van der Waals surface area contributed by atoms with E-state index >= 15 is 0 Å². The molecule has 39 heavy (non-hydrogen) atoms. The van der Waals surface area contributed by atoms with E-state index in [-0.39, 0.29) is 43.0 Å². The molecule has 0 aromatic heterocycles. The smallest absolute Gasteiger partial charge is 0.429 e. The van der Waals surface area contributed by atoms with Crippen LogP contribution in [0.2, 0.25) is 0 Å². The molecule has 1 saturated heterocycles. The highest BCUT2D eigenvalue weighted by molar-refractivity contribution is 5.66. The van der Waals surface area contributed by atoms with E-state index in [2.05, 4.69) is 4.74 Å². The van der Waals surface area contributed by atoms with E-state index in [1.54, 1.807) is 0 Å². The standard InChI is InChI=1S/C24H13F11O4/c25-13-5-12(6-14(26)19(13)9-1-15(27)20(16(28)2-9)23(31,32)33)39-24(34,35)21-17(29)3-10(4-18(21)30)22-37-7-11(36)8-38-22/h1-6,11,22,36H,7-8H2. The summed E-state index contributed by atoms with van der Waals surface area (Å²) in [7, 11) is 0. The first-order chi connectivity index (χ1) is 18.1. The Bertz CT molecular complexity index is 1330. The third kappa shape index (κ3) is 5.79. The fraction of sp³-hybridized carbons (Fsp3) is 0.250. The molecule has 210 valence electrons. The van der Waals surface area contributed by atoms with Crippen molar-refractivity contribution in [3.8, 4) is 16.9 Å². The van der Waals surface area contributed by atoms with Crippen molar-refractivity contribution in [3.05, 3.63) is 88.0 Å². The zero-order valence-corrected chi connectivity index (χ0v) is 18.9. The molecule has 1 aliphatic heterocycles. The van der Waals surface area contributed by atoms with E-state index in [1.165, 1.54) is 0 Å². The Morgan fingerprint density at radius 2 is 1.13 bits per heavy atom. The first-order valence-electron chi connectivity index (χ1n) is 10.6. The van der Waals surface area contributed by atoms with Gasteiger partial charge >= 0.3 is 12.3 Å². The number of rotatable bonds is 5. The maximum absolute atomic E-state index is 14.7. The molecule has 0 spiro atoms. The molecular weight excluding hydrogens is 561 g/mol. The number of halogens is 11. The largest absolute Gasteiger partial charge is 0.432 e. The first kappa shape index (κ1) is 28.6. The van der Waals surface area contributed by atoms with Crippen LogP contribution in [0.15, 0.2) is 36.4 Å². The van der Waals surface area contributed by atoms with Crippen LogP contribution in [0, 0.1) is 34.9 Å². The molecule has 4 rings (SSSR count). The molecule has 4 nitrogen and oxygen atoms in total. The average molecular weight is 574 g/mol. The second-order valence-corrected chi connectivity index (χ2v) is 8.21. The van der Waals surface area contributed by atoms with Gasteiger partial charge in [-0.3, -0.25) is 0 Å². The molecule has 0 unspecified atom stereocenters. The average Bonchev–Trinajstić information content (AvgIpc) is 2.76. The number of aliphatic hydroxyl groups is 1. The zero-order valence-electron chi connectivity index (χ0n) is 18.9. The molecule has 1 aliphatic rings. The molecule has 1 fully saturated rings. The third-order valence-corrected chi connectivity index (χ3v) is 5.38. The Kier molecular flexibility index (Phi) is 7.53. The van der Waals surface area contributed by atoms with Crippen LogP contribution < -0.4 is 4.74 Å². The lowest BCUT2D eigenvalue weighted by Crippen LogP contribution is -2.31. The van der Waals surface area contributed by atoms with E-state index in [9.17, 15) is 53.4 Å². The molecule has 0 atom stereocenters. The van der Waals surface area contributed by atoms with Gasteiger partial charge in [-0.2, -0.15) is 22.0 Å². The van der Waals surface area contributed by atoms with Crippen LogP contribution in [0.1, 0.15) is 23.0 Å². The molecule has 15 heteroatoms. The number of aliphatic hydroxyl groups excluding tert-OH is 1. The molecule has 3 aromatic rings. The van der Waals surface area contributed by atoms with Gasteiger partial charge in [0.05, 0.1) is 18.8 Å². The lowest BCUT2D eigenvalue weighted by Gasteiger charge is -2.27. The molecule has 0 saturated carbocycles. The van der Waals surface area contributed by atoms with Gasteiger partial charge in [-0.15, -0.1) is 0 Å². The van der Waals surface area contributed by atoms with Crippen LogP contribution in [0.5, 0.6) is 5.75 Å². The molecule has 1 heterocycles. The van der Waals surface area contributed by atoms with Crippen LogP contribution in [-0.2, 0) is 21.8 Å². The van der Waals surface area contributed by atoms with Gasteiger partial charge in [0, 0.05) is 17.7 Å². The van der Waals surface area contributed by atoms with Gasteiger partial charge < -0.3 is 19.3 Å². The van der Waals surface area contributed by atoms with E-state index in [4.69, 9.17) is 9.47 Å². The van der Waals surface area contributed by atoms with Crippen molar-refractivity contribution in [1.29, 1.82) is 0 Å². The van der Waals surface area contributed by atoms with E-state index < -0.39 is 87.6 Å². The number of hydrogen-bond donors (Lipinski definition) is 1. The van der Waals surface area contributed by atoms with E-state index in [1.807, 2.05) is 0 Å². The van der Waals surface area contributed by atoms with Gasteiger partial charge in [-0.25, -0.2) is 26.3 Å². The Labute approximate surface area is 211 Å². The van der Waals surface area contributed by atoms with Crippen LogP contribution in [0.25, 0.3) is 11.1 Å². The van der Waals surface area contributed by atoms with Gasteiger partial charge in [0.25, 0.3) is 0 Å². The minimum atomic E-state index is -5.46. The number of alkyl halides is 5. The summed E-state index contributed by atoms with van der Waals surface area (Å²) < 4.78 is 168. The zero-order chi connectivity index (χ0) is 28.9. The maximum Gasteiger partial charge on any atom is 0.432 e. The Morgan fingerprint density at radius 3 is 1.59 bits per heavy atom. The summed E-state index contributed by atoms with van der Waals surface area (Å²) in [6.45, 7) is -0.540. The van der Waals surface area contributed by atoms with Gasteiger partial charge in [-0.05, 0) is 29.8 Å². The highest BCUT2D eigenvalue weighted by Crippen LogP contribution is 2.40. The molecule has 1 N–H and O–H groups in total. The molecule has 0 bridgehead atoms. The van der Waals surface area contributed by atoms with E-state index in [0.29, 0.717) is 12.1 Å². The van der Waals surface area contributed by atoms with Crippen molar-refractivity contribution in [2.75, 3.05) is 13.2 Å². The minimum absolute atomic E-state index is 0.0186. The Balaban J connectivity index is 1.64. The van der Waals surface area contributed by atoms with Crippen molar-refractivity contribution in [3.63, 3.8) is 0 Å². The lowest BCUT2D eigenvalue weighted by molar-refractivity contribution is -0.221. The van der Waals surface area contributed by atoms with Gasteiger partial charge in [0.2, 0.25) is 0 Å². The fourth-order valence-corrected chi connectivity index (χ4v) is 3.76. The lowest BCUT2D eigenvalue weighted by atomic mass is 10.0. The van der Waals surface area contributed by atoms with Crippen LogP contribution >= 0.6 is 0 Å². The summed E-state index contributed by atoms with van der Waals surface area (Å²) >= 11 is 0. The number of ether oxygens (including phenoxy) is 3. The fourth-order valence-electron chi connectivity index (χ4n) is 3.76. The Hall–Kier alpha value is -3.43. The van der Waals surface area contributed by atoms with Crippen molar-refractivity contribution in [2.24, 2.45) is 0 Å². The Morgan fingerprint density at radius 1 is 0.667 bits per heavy atom. The normalized spacial score (nSPS) is 18.4. The van der Waals surface area contributed by atoms with Crippen molar-refractivity contribution >= 4 is 0 Å². The van der Waals surface area contributed by atoms with Crippen molar-refractivity contribution in [2.45, 2.75) is 24.7 Å². The van der Waals surface area contributed by atoms with Crippen LogP contribution in [0.4, 0.5) is 48.3 Å². The molecular formula is C24H13F11O4. The quantitative estimate of drug-likeness (QED) is 0.343. The van der Waals surface area contributed by atoms with Gasteiger partial charge in [0.15, 0.2) is 6.29 Å². The SMILES string of the molecule is OC1COC(c2cc(F)c(C(F)(F)Oc3cc(F)c(-c4cc(F)c(C(F)(F)F)c(F)c4)c(F)c3)c(F)c2)OC1. The van der Waals surface area contributed by atoms with Crippen LogP contribution in [-0.4, -0.2) is 24.4 Å². The van der Waals surface area contributed by atoms with Gasteiger partial charge in [-0.1, -0.05) is 0 Å². The third-order valence-electron chi connectivity index (χ3n) is 5.38. The van der Waals surface area contributed by atoms with Gasteiger partial charge in [0.1, 0.15) is 57.9 Å². The summed E-state index contributed by atoms with van der Waals surface area (Å²) in [5, 5.41) is 9.32. The maximum atomic E-state index is 14.7. The predicted octanol–water partition coefficient (Wildman–Crippen LogP) is 6.74. The predicted molar refractivity (Wildman–Crippen MR) is 108 cm³/mol. The highest BCUT2D eigenvalue weighted by atomic mass is 19.4. The molecule has 0 radical (unpaired) electrons. The monoisotopic (exact) mass is 574 g/mol. The first-order valence-corrected chi connectivity index (χ1v) is 10.6. The topological polar surface area (TPSA) is 47.9 Å². The number of benzene rings is 3. The second-order valence-electron chi connectivity index (χ2n) is 8.21. The second kappa shape index (κ2) is 10.3. The minimum Gasteiger partial charge on any atom is -0.429 e. The van der Waals surface area contributed by atoms with Crippen molar-refractivity contribution < 1.29 is 67.6 Å². The van der Waals surface area contributed by atoms with Crippen LogP contribution in [0.3, 0.4) is 0 Å². The summed E-state index contributed by atoms with van der Waals surface area (Å²) in [6.07, 6.45) is -12.7. The molecule has 3 aromatic carbocycles. The summed E-state index contributed by atoms with van der Waals surface area (Å²) in [4.78, 5) is 0. The highest BCUT2D eigenvalue weighted by Gasteiger charge is 2.42. The summed E-state index contributed by atoms with van der Waals surface area (Å²) in [5.41, 5.74) is -6.98. The van der Waals surface area contributed by atoms with E-state index in [0.717, 1.165) is 0 Å². The molecule has 0 aliphatic carbocycles. The number of hydrogen-bond acceptors (Lipinski definition) is 4. The summed E-state index contributed by atoms with van der Waals surface area (Å²) in [5.74, 6) is -13.0. The van der Waals surface area contributed by atoms with Crippen molar-refractivity contribution in [1.82, 2.24) is 0 Å².